The Kier molecular flexibility index (Phi) is 3.85. The fourth-order valence-electron chi connectivity index (χ4n) is 1.87. The highest BCUT2D eigenvalue weighted by atomic mass is 19.1. The summed E-state index contributed by atoms with van der Waals surface area (Å²) in [5.74, 6) is -2.35. The molecule has 2 rings (SSSR count). The standard InChI is InChI=1S/C14H13FN2O2/c1-9-3-2-4-10(5-9)6-12(14(18)19)13-16-7-11(15)8-17-13/h2-5,7-8,12H,6H2,1H3,(H,18,19). The molecule has 5 heteroatoms. The Morgan fingerprint density at radius 2 is 2.05 bits per heavy atom. The van der Waals surface area contributed by atoms with E-state index in [1.54, 1.807) is 0 Å². The van der Waals surface area contributed by atoms with Crippen LogP contribution in [-0.4, -0.2) is 21.0 Å². The summed E-state index contributed by atoms with van der Waals surface area (Å²) >= 11 is 0. The Labute approximate surface area is 110 Å². The Morgan fingerprint density at radius 1 is 1.37 bits per heavy atom. The monoisotopic (exact) mass is 260 g/mol. The van der Waals surface area contributed by atoms with Crippen molar-refractivity contribution in [2.45, 2.75) is 19.3 Å². The van der Waals surface area contributed by atoms with E-state index in [4.69, 9.17) is 0 Å². The molecule has 0 bridgehead atoms. The van der Waals surface area contributed by atoms with Crippen LogP contribution in [0.5, 0.6) is 0 Å². The molecule has 0 radical (unpaired) electrons. The first-order chi connectivity index (χ1) is 9.06. The van der Waals surface area contributed by atoms with Gasteiger partial charge in [-0.05, 0) is 18.9 Å². The second-order valence-electron chi connectivity index (χ2n) is 4.34. The van der Waals surface area contributed by atoms with Crippen LogP contribution < -0.4 is 0 Å². The highest BCUT2D eigenvalue weighted by Crippen LogP contribution is 2.18. The van der Waals surface area contributed by atoms with Crippen molar-refractivity contribution in [2.75, 3.05) is 0 Å². The molecule has 0 fully saturated rings. The van der Waals surface area contributed by atoms with E-state index in [-0.39, 0.29) is 12.2 Å². The number of hydrogen-bond acceptors (Lipinski definition) is 3. The third-order valence-corrected chi connectivity index (χ3v) is 2.77. The summed E-state index contributed by atoms with van der Waals surface area (Å²) in [6, 6.07) is 7.58. The Bertz CT molecular complexity index is 584. The van der Waals surface area contributed by atoms with Gasteiger partial charge in [-0.15, -0.1) is 0 Å². The van der Waals surface area contributed by atoms with E-state index in [0.717, 1.165) is 23.5 Å². The van der Waals surface area contributed by atoms with Gasteiger partial charge in [0.25, 0.3) is 0 Å². The zero-order valence-corrected chi connectivity index (χ0v) is 10.4. The van der Waals surface area contributed by atoms with Crippen LogP contribution in [0.1, 0.15) is 22.9 Å². The molecule has 0 saturated heterocycles. The zero-order valence-electron chi connectivity index (χ0n) is 10.4. The summed E-state index contributed by atoms with van der Waals surface area (Å²) < 4.78 is 12.8. The Hall–Kier alpha value is -2.30. The molecule has 1 aromatic heterocycles. The van der Waals surface area contributed by atoms with E-state index < -0.39 is 17.7 Å². The zero-order chi connectivity index (χ0) is 13.8. The van der Waals surface area contributed by atoms with Crippen LogP contribution in [0.25, 0.3) is 0 Å². The van der Waals surface area contributed by atoms with E-state index in [1.807, 2.05) is 31.2 Å². The van der Waals surface area contributed by atoms with Crippen molar-refractivity contribution in [1.29, 1.82) is 0 Å². The third kappa shape index (κ3) is 3.34. The largest absolute Gasteiger partial charge is 0.481 e. The van der Waals surface area contributed by atoms with E-state index in [9.17, 15) is 14.3 Å². The lowest BCUT2D eigenvalue weighted by Crippen LogP contribution is -2.17. The minimum absolute atomic E-state index is 0.121. The van der Waals surface area contributed by atoms with Gasteiger partial charge in [-0.1, -0.05) is 29.8 Å². The maximum Gasteiger partial charge on any atom is 0.314 e. The molecule has 0 amide bonds. The van der Waals surface area contributed by atoms with Gasteiger partial charge in [-0.25, -0.2) is 14.4 Å². The van der Waals surface area contributed by atoms with Crippen molar-refractivity contribution >= 4 is 5.97 Å². The average molecular weight is 260 g/mol. The molecule has 0 aliphatic rings. The van der Waals surface area contributed by atoms with Gasteiger partial charge in [-0.2, -0.15) is 0 Å². The fraction of sp³-hybridized carbons (Fsp3) is 0.214. The van der Waals surface area contributed by atoms with E-state index in [1.165, 1.54) is 0 Å². The van der Waals surface area contributed by atoms with Crippen LogP contribution in [0.4, 0.5) is 4.39 Å². The van der Waals surface area contributed by atoms with Gasteiger partial charge in [0.05, 0.1) is 12.4 Å². The van der Waals surface area contributed by atoms with Gasteiger partial charge in [-0.3, -0.25) is 4.79 Å². The first kappa shape index (κ1) is 13.1. The van der Waals surface area contributed by atoms with Crippen molar-refractivity contribution in [3.05, 3.63) is 59.4 Å². The number of aryl methyl sites for hydroxylation is 1. The molecule has 19 heavy (non-hydrogen) atoms. The molecule has 98 valence electrons. The van der Waals surface area contributed by atoms with Crippen LogP contribution >= 0.6 is 0 Å². The number of rotatable bonds is 4. The molecule has 1 aromatic carbocycles. The van der Waals surface area contributed by atoms with Crippen molar-refractivity contribution in [3.63, 3.8) is 0 Å². The Morgan fingerprint density at radius 3 is 2.63 bits per heavy atom. The van der Waals surface area contributed by atoms with Crippen LogP contribution in [0.3, 0.4) is 0 Å². The summed E-state index contributed by atoms with van der Waals surface area (Å²) in [5.41, 5.74) is 1.95. The number of carbonyl (C=O) groups is 1. The molecule has 1 atom stereocenters. The lowest BCUT2D eigenvalue weighted by atomic mass is 9.97. The minimum atomic E-state index is -1.02. The molecule has 0 aliphatic carbocycles. The molecule has 1 heterocycles. The lowest BCUT2D eigenvalue weighted by molar-refractivity contribution is -0.139. The van der Waals surface area contributed by atoms with Crippen LogP contribution in [0, 0.1) is 12.7 Å². The second-order valence-corrected chi connectivity index (χ2v) is 4.34. The Balaban J connectivity index is 2.26. The topological polar surface area (TPSA) is 63.1 Å². The lowest BCUT2D eigenvalue weighted by Gasteiger charge is -2.11. The highest BCUT2D eigenvalue weighted by molar-refractivity contribution is 5.75. The maximum atomic E-state index is 12.8. The SMILES string of the molecule is Cc1cccc(CC(C(=O)O)c2ncc(F)cn2)c1. The van der Waals surface area contributed by atoms with E-state index >= 15 is 0 Å². The fourth-order valence-corrected chi connectivity index (χ4v) is 1.87. The van der Waals surface area contributed by atoms with Crippen molar-refractivity contribution in [2.24, 2.45) is 0 Å². The van der Waals surface area contributed by atoms with Crippen LogP contribution in [-0.2, 0) is 11.2 Å². The number of halogens is 1. The maximum absolute atomic E-state index is 12.8. The normalized spacial score (nSPS) is 12.1. The molecule has 0 saturated carbocycles. The predicted octanol–water partition coefficient (Wildman–Crippen LogP) is 2.34. The molecule has 1 N–H and O–H groups in total. The van der Waals surface area contributed by atoms with Crippen LogP contribution in [0.2, 0.25) is 0 Å². The number of carboxylic acid groups (broad SMARTS) is 1. The molecular weight excluding hydrogens is 247 g/mol. The summed E-state index contributed by atoms with van der Waals surface area (Å²) in [4.78, 5) is 18.8. The molecule has 2 aromatic rings. The molecular formula is C14H13FN2O2. The first-order valence-corrected chi connectivity index (χ1v) is 5.82. The van der Waals surface area contributed by atoms with Crippen LogP contribution in [0.15, 0.2) is 36.7 Å². The van der Waals surface area contributed by atoms with Gasteiger partial charge in [0.1, 0.15) is 11.7 Å². The van der Waals surface area contributed by atoms with Gasteiger partial charge in [0, 0.05) is 0 Å². The minimum Gasteiger partial charge on any atom is -0.481 e. The molecule has 1 unspecified atom stereocenters. The predicted molar refractivity (Wildman–Crippen MR) is 67.2 cm³/mol. The average Bonchev–Trinajstić information content (AvgIpc) is 2.37. The van der Waals surface area contributed by atoms with Gasteiger partial charge >= 0.3 is 5.97 Å². The first-order valence-electron chi connectivity index (χ1n) is 5.82. The summed E-state index contributed by atoms with van der Waals surface area (Å²) in [7, 11) is 0. The third-order valence-electron chi connectivity index (χ3n) is 2.77. The van der Waals surface area contributed by atoms with E-state index in [2.05, 4.69) is 9.97 Å². The van der Waals surface area contributed by atoms with Crippen molar-refractivity contribution in [1.82, 2.24) is 9.97 Å². The smallest absolute Gasteiger partial charge is 0.314 e. The number of aliphatic carboxylic acids is 1. The second kappa shape index (κ2) is 5.56. The van der Waals surface area contributed by atoms with Gasteiger partial charge in [0.15, 0.2) is 5.82 Å². The van der Waals surface area contributed by atoms with Crippen molar-refractivity contribution in [3.8, 4) is 0 Å². The number of carboxylic acids is 1. The summed E-state index contributed by atoms with van der Waals surface area (Å²) in [6.45, 7) is 1.94. The summed E-state index contributed by atoms with van der Waals surface area (Å²) in [5, 5.41) is 9.25. The molecule has 0 aliphatic heterocycles. The number of benzene rings is 1. The van der Waals surface area contributed by atoms with Gasteiger partial charge in [0.2, 0.25) is 0 Å². The van der Waals surface area contributed by atoms with E-state index in [0.29, 0.717) is 0 Å². The summed E-state index contributed by atoms with van der Waals surface area (Å²) in [6.07, 6.45) is 2.24. The highest BCUT2D eigenvalue weighted by Gasteiger charge is 2.23. The van der Waals surface area contributed by atoms with Gasteiger partial charge < -0.3 is 5.11 Å². The quantitative estimate of drug-likeness (QED) is 0.916. The van der Waals surface area contributed by atoms with Crippen molar-refractivity contribution < 1.29 is 14.3 Å². The number of nitrogens with zero attached hydrogens (tertiary/aromatic N) is 2. The number of hydrogen-bond donors (Lipinski definition) is 1. The molecule has 4 nitrogen and oxygen atoms in total. The number of aromatic nitrogens is 2. The molecule has 0 spiro atoms.